The maximum absolute atomic E-state index is 13.2. The molecule has 9 atom stereocenters. The molecule has 4 rings (SSSR count). The van der Waals surface area contributed by atoms with Gasteiger partial charge in [-0.25, -0.2) is 0 Å². The van der Waals surface area contributed by atoms with Gasteiger partial charge in [0.05, 0.1) is 5.60 Å². The first-order valence-corrected chi connectivity index (χ1v) is 21.7. The van der Waals surface area contributed by atoms with E-state index in [9.17, 15) is 9.90 Å². The zero-order valence-corrected chi connectivity index (χ0v) is 34.2. The zero-order chi connectivity index (χ0) is 35.9. The van der Waals surface area contributed by atoms with Crippen LogP contribution >= 0.6 is 0 Å². The van der Waals surface area contributed by atoms with E-state index >= 15 is 0 Å². The molecule has 284 valence electrons. The molecule has 0 amide bonds. The Balaban J connectivity index is 1.25. The molecule has 1 N–H and O–H groups in total. The Bertz CT molecular complexity index is 1070. The molecule has 0 aromatic rings. The molecular weight excluding hydrogens is 601 g/mol. The van der Waals surface area contributed by atoms with E-state index in [0.717, 1.165) is 32.1 Å². The number of hydrogen-bond acceptors (Lipinski definition) is 3. The van der Waals surface area contributed by atoms with Crippen molar-refractivity contribution in [2.24, 2.45) is 45.3 Å². The number of hydrogen-bond donors (Lipinski definition) is 1. The minimum Gasteiger partial charge on any atom is -0.462 e. The average molecular weight is 683 g/mol. The van der Waals surface area contributed by atoms with Crippen LogP contribution in [0, 0.1) is 45.3 Å². The topological polar surface area (TPSA) is 46.5 Å². The average Bonchev–Trinajstić information content (AvgIpc) is 3.40. The van der Waals surface area contributed by atoms with Crippen LogP contribution in [0.3, 0.4) is 0 Å². The van der Waals surface area contributed by atoms with Gasteiger partial charge in [0.1, 0.15) is 6.10 Å². The van der Waals surface area contributed by atoms with Crippen LogP contribution in [0.25, 0.3) is 0 Å². The maximum Gasteiger partial charge on any atom is 0.306 e. The molecule has 4 aliphatic rings. The van der Waals surface area contributed by atoms with Crippen LogP contribution in [-0.4, -0.2) is 22.8 Å². The molecule has 0 spiro atoms. The molecule has 0 aromatic carbocycles. The molecule has 3 heteroatoms. The Hall–Kier alpha value is -0.830. The molecule has 4 saturated carbocycles. The number of unbranched alkanes of at least 4 members (excludes halogenated alkanes) is 12. The number of carbonyl (C=O) groups excluding carboxylic acids is 1. The highest BCUT2D eigenvalue weighted by Crippen LogP contribution is 2.76. The van der Waals surface area contributed by atoms with Gasteiger partial charge in [-0.05, 0) is 131 Å². The standard InChI is InChI=1S/C46H82O3/c1-10-11-12-13-14-15-16-17-18-19-20-21-22-25-41(47)49-40-30-32-43(6)38(42(40,4)5)29-34-45(8)39(43)27-26-36-37(28-33-44(36,45)7)46(9,48)31-23-24-35(2)3/h24,36-40,48H,10-23,25-34H2,1-9H3/t36-,37+,38+,39-,40+,43+,44-,45-,46+/m1/s1. The minimum atomic E-state index is -0.588. The highest BCUT2D eigenvalue weighted by Gasteiger charge is 2.69. The van der Waals surface area contributed by atoms with Crippen molar-refractivity contribution in [2.45, 2.75) is 228 Å². The quantitative estimate of drug-likeness (QED) is 0.0838. The Morgan fingerprint density at radius 2 is 1.31 bits per heavy atom. The fourth-order valence-corrected chi connectivity index (χ4v) is 13.0. The van der Waals surface area contributed by atoms with Crippen LogP contribution in [0.4, 0.5) is 0 Å². The third kappa shape index (κ3) is 9.04. The van der Waals surface area contributed by atoms with Crippen molar-refractivity contribution in [2.75, 3.05) is 0 Å². The van der Waals surface area contributed by atoms with Gasteiger partial charge in [0.15, 0.2) is 0 Å². The Labute approximate surface area is 305 Å². The van der Waals surface area contributed by atoms with Crippen molar-refractivity contribution in [1.82, 2.24) is 0 Å². The van der Waals surface area contributed by atoms with E-state index in [2.05, 4.69) is 68.4 Å². The van der Waals surface area contributed by atoms with Crippen LogP contribution in [0.5, 0.6) is 0 Å². The molecule has 0 radical (unpaired) electrons. The molecule has 0 aliphatic heterocycles. The summed E-state index contributed by atoms with van der Waals surface area (Å²) in [7, 11) is 0. The van der Waals surface area contributed by atoms with Gasteiger partial charge in [-0.1, -0.05) is 130 Å². The van der Waals surface area contributed by atoms with Gasteiger partial charge in [0.25, 0.3) is 0 Å². The molecule has 0 unspecified atom stereocenters. The number of esters is 1. The highest BCUT2D eigenvalue weighted by atomic mass is 16.5. The lowest BCUT2D eigenvalue weighted by Crippen LogP contribution is -2.64. The molecule has 4 aliphatic carbocycles. The van der Waals surface area contributed by atoms with Crippen molar-refractivity contribution in [1.29, 1.82) is 0 Å². The lowest BCUT2D eigenvalue weighted by atomic mass is 9.35. The van der Waals surface area contributed by atoms with E-state index in [1.807, 2.05) is 0 Å². The summed E-state index contributed by atoms with van der Waals surface area (Å²) in [6, 6.07) is 0. The Kier molecular flexibility index (Phi) is 14.5. The summed E-state index contributed by atoms with van der Waals surface area (Å²) < 4.78 is 6.39. The van der Waals surface area contributed by atoms with E-state index in [0.29, 0.717) is 35.5 Å². The zero-order valence-electron chi connectivity index (χ0n) is 34.2. The van der Waals surface area contributed by atoms with Crippen LogP contribution in [0.2, 0.25) is 0 Å². The summed E-state index contributed by atoms with van der Waals surface area (Å²) in [5.74, 6) is 2.37. The van der Waals surface area contributed by atoms with Crippen molar-refractivity contribution in [3.05, 3.63) is 11.6 Å². The van der Waals surface area contributed by atoms with Crippen LogP contribution in [0.1, 0.15) is 216 Å². The second-order valence-electron chi connectivity index (χ2n) is 19.8. The molecule has 49 heavy (non-hydrogen) atoms. The van der Waals surface area contributed by atoms with Gasteiger partial charge >= 0.3 is 5.97 Å². The predicted molar refractivity (Wildman–Crippen MR) is 208 cm³/mol. The molecule has 3 nitrogen and oxygen atoms in total. The van der Waals surface area contributed by atoms with Gasteiger partial charge in [0, 0.05) is 11.8 Å². The summed E-state index contributed by atoms with van der Waals surface area (Å²) in [5.41, 5.74) is 1.65. The van der Waals surface area contributed by atoms with Crippen LogP contribution in [0.15, 0.2) is 11.6 Å². The first-order chi connectivity index (χ1) is 23.1. The van der Waals surface area contributed by atoms with Gasteiger partial charge in [-0.2, -0.15) is 0 Å². The van der Waals surface area contributed by atoms with E-state index < -0.39 is 5.60 Å². The molecular formula is C46H82O3. The van der Waals surface area contributed by atoms with Crippen molar-refractivity contribution in [3.8, 4) is 0 Å². The molecule has 0 aromatic heterocycles. The van der Waals surface area contributed by atoms with Crippen molar-refractivity contribution in [3.63, 3.8) is 0 Å². The number of allylic oxidation sites excluding steroid dienone is 2. The third-order valence-electron chi connectivity index (χ3n) is 16.1. The van der Waals surface area contributed by atoms with Gasteiger partial charge in [-0.3, -0.25) is 4.79 Å². The van der Waals surface area contributed by atoms with Crippen molar-refractivity contribution >= 4 is 5.97 Å². The number of carbonyl (C=O) groups is 1. The largest absolute Gasteiger partial charge is 0.462 e. The van der Waals surface area contributed by atoms with Gasteiger partial charge in [0.2, 0.25) is 0 Å². The summed E-state index contributed by atoms with van der Waals surface area (Å²) in [4.78, 5) is 13.2. The summed E-state index contributed by atoms with van der Waals surface area (Å²) in [6.45, 7) is 21.6. The molecule has 0 heterocycles. The molecule has 0 bridgehead atoms. The second-order valence-corrected chi connectivity index (χ2v) is 19.8. The maximum atomic E-state index is 13.2. The van der Waals surface area contributed by atoms with E-state index in [1.165, 1.54) is 121 Å². The van der Waals surface area contributed by atoms with E-state index in [4.69, 9.17) is 4.74 Å². The van der Waals surface area contributed by atoms with Crippen molar-refractivity contribution < 1.29 is 14.6 Å². The van der Waals surface area contributed by atoms with Crippen LogP contribution in [-0.2, 0) is 9.53 Å². The first-order valence-electron chi connectivity index (χ1n) is 21.7. The first kappa shape index (κ1) is 40.9. The SMILES string of the molecule is CCCCCCCCCCCCCCCC(=O)O[C@H]1CC[C@]2(C)[C@H]3CC[C@@H]4[C@@H]([C@@](C)(O)CCC=C(C)C)CC[C@@]4(C)[C@]3(C)CC[C@H]2C1(C)C. The summed E-state index contributed by atoms with van der Waals surface area (Å²) in [6.07, 6.45) is 31.8. The molecule has 4 fully saturated rings. The molecule has 0 saturated heterocycles. The lowest BCUT2D eigenvalue weighted by Gasteiger charge is -2.70. The smallest absolute Gasteiger partial charge is 0.306 e. The van der Waals surface area contributed by atoms with Gasteiger partial charge in [-0.15, -0.1) is 0 Å². The minimum absolute atomic E-state index is 0.00452. The van der Waals surface area contributed by atoms with Crippen LogP contribution < -0.4 is 0 Å². The fraction of sp³-hybridized carbons (Fsp3) is 0.935. The number of ether oxygens (including phenoxy) is 1. The Morgan fingerprint density at radius 3 is 1.90 bits per heavy atom. The number of aliphatic hydroxyl groups is 1. The number of fused-ring (bicyclic) bond motifs is 5. The highest BCUT2D eigenvalue weighted by molar-refractivity contribution is 5.69. The normalized spacial score (nSPS) is 36.2. The predicted octanol–water partition coefficient (Wildman–Crippen LogP) is 13.6. The second kappa shape index (κ2) is 17.3. The lowest BCUT2D eigenvalue weighted by molar-refractivity contribution is -0.230. The monoisotopic (exact) mass is 683 g/mol. The number of rotatable bonds is 19. The summed E-state index contributed by atoms with van der Waals surface area (Å²) >= 11 is 0. The Morgan fingerprint density at radius 1 is 0.735 bits per heavy atom. The third-order valence-corrected chi connectivity index (χ3v) is 16.1. The fourth-order valence-electron chi connectivity index (χ4n) is 13.0. The van der Waals surface area contributed by atoms with E-state index in [1.54, 1.807) is 0 Å². The van der Waals surface area contributed by atoms with Gasteiger partial charge < -0.3 is 9.84 Å². The van der Waals surface area contributed by atoms with E-state index in [-0.39, 0.29) is 28.3 Å². The summed E-state index contributed by atoms with van der Waals surface area (Å²) in [5, 5.41) is 11.9.